The van der Waals surface area contributed by atoms with Crippen LogP contribution in [0.15, 0.2) is 46.6 Å². The molecule has 0 saturated carbocycles. The molecule has 3 aromatic rings. The highest BCUT2D eigenvalue weighted by atomic mass is 32.1. The van der Waals surface area contributed by atoms with Crippen molar-refractivity contribution in [1.29, 1.82) is 0 Å². The third kappa shape index (κ3) is 4.40. The van der Waals surface area contributed by atoms with Gasteiger partial charge >= 0.3 is 0 Å². The van der Waals surface area contributed by atoms with Gasteiger partial charge in [-0.15, -0.1) is 11.3 Å². The Balaban J connectivity index is 1.20. The molecule has 1 saturated heterocycles. The van der Waals surface area contributed by atoms with Gasteiger partial charge in [-0.25, -0.2) is 0 Å². The van der Waals surface area contributed by atoms with Crippen LogP contribution >= 0.6 is 11.3 Å². The average Bonchev–Trinajstić information content (AvgIpc) is 3.40. The first kappa shape index (κ1) is 17.8. The Kier molecular flexibility index (Phi) is 5.55. The molecule has 0 bridgehead atoms. The Morgan fingerprint density at radius 3 is 2.81 bits per heavy atom. The molecule has 1 aliphatic rings. The first-order chi connectivity index (χ1) is 13.3. The van der Waals surface area contributed by atoms with Crippen LogP contribution < -0.4 is 0 Å². The zero-order chi connectivity index (χ0) is 18.5. The first-order valence-electron chi connectivity index (χ1n) is 9.08. The van der Waals surface area contributed by atoms with E-state index in [1.807, 2.05) is 28.5 Å². The quantitative estimate of drug-likeness (QED) is 0.651. The van der Waals surface area contributed by atoms with Crippen molar-refractivity contribution in [2.45, 2.75) is 12.8 Å². The van der Waals surface area contributed by atoms with Crippen LogP contribution in [-0.2, 0) is 6.42 Å². The molecule has 4 rings (SSSR count). The summed E-state index contributed by atoms with van der Waals surface area (Å²) in [5.74, 6) is 1.42. The van der Waals surface area contributed by atoms with Gasteiger partial charge in [0.25, 0.3) is 5.91 Å². The molecule has 4 heterocycles. The van der Waals surface area contributed by atoms with E-state index < -0.39 is 0 Å². The van der Waals surface area contributed by atoms with Gasteiger partial charge in [-0.05, 0) is 36.5 Å². The average molecular weight is 383 g/mol. The number of aromatic nitrogens is 3. The molecular formula is C19H21N5O2S. The van der Waals surface area contributed by atoms with E-state index in [9.17, 15) is 4.79 Å². The number of thiophene rings is 1. The Bertz CT molecular complexity index is 857. The summed E-state index contributed by atoms with van der Waals surface area (Å²) < 4.78 is 5.34. The molecule has 0 spiro atoms. The largest absolute Gasteiger partial charge is 0.339 e. The van der Waals surface area contributed by atoms with E-state index >= 15 is 0 Å². The standard InChI is InChI=1S/C19H21N5O2S/c25-19(15-4-1-7-20-14-15)24-11-9-23(10-12-24)8-2-6-17-21-18(22-26-17)16-5-3-13-27-16/h1,3-5,7,13-14H,2,6,8-12H2. The number of piperazine rings is 1. The lowest BCUT2D eigenvalue weighted by molar-refractivity contribution is 0.0635. The van der Waals surface area contributed by atoms with Crippen molar-refractivity contribution < 1.29 is 9.32 Å². The maximum absolute atomic E-state index is 12.4. The third-order valence-electron chi connectivity index (χ3n) is 4.64. The van der Waals surface area contributed by atoms with E-state index in [2.05, 4.69) is 20.0 Å². The summed E-state index contributed by atoms with van der Waals surface area (Å²) >= 11 is 1.61. The fourth-order valence-corrected chi connectivity index (χ4v) is 3.81. The topological polar surface area (TPSA) is 75.4 Å². The predicted molar refractivity (Wildman–Crippen MR) is 103 cm³/mol. The summed E-state index contributed by atoms with van der Waals surface area (Å²) in [6, 6.07) is 7.59. The van der Waals surface area contributed by atoms with Gasteiger partial charge in [0.1, 0.15) is 0 Å². The van der Waals surface area contributed by atoms with Crippen molar-refractivity contribution in [3.63, 3.8) is 0 Å². The zero-order valence-electron chi connectivity index (χ0n) is 15.0. The lowest BCUT2D eigenvalue weighted by Crippen LogP contribution is -2.48. The highest BCUT2D eigenvalue weighted by molar-refractivity contribution is 7.13. The molecule has 0 aromatic carbocycles. The smallest absolute Gasteiger partial charge is 0.255 e. The van der Waals surface area contributed by atoms with Gasteiger partial charge in [0.15, 0.2) is 0 Å². The van der Waals surface area contributed by atoms with Gasteiger partial charge in [0.05, 0.1) is 10.4 Å². The third-order valence-corrected chi connectivity index (χ3v) is 5.51. The van der Waals surface area contributed by atoms with Crippen molar-refractivity contribution in [2.24, 2.45) is 0 Å². The van der Waals surface area contributed by atoms with Crippen molar-refractivity contribution in [3.8, 4) is 10.7 Å². The Morgan fingerprint density at radius 2 is 2.07 bits per heavy atom. The van der Waals surface area contributed by atoms with Crippen LogP contribution in [-0.4, -0.2) is 63.6 Å². The minimum Gasteiger partial charge on any atom is -0.339 e. The summed E-state index contributed by atoms with van der Waals surface area (Å²) in [7, 11) is 0. The Morgan fingerprint density at radius 1 is 1.19 bits per heavy atom. The highest BCUT2D eigenvalue weighted by Crippen LogP contribution is 2.21. The van der Waals surface area contributed by atoms with Crippen molar-refractivity contribution in [1.82, 2.24) is 24.9 Å². The van der Waals surface area contributed by atoms with Crippen molar-refractivity contribution >= 4 is 17.2 Å². The molecule has 0 radical (unpaired) electrons. The van der Waals surface area contributed by atoms with Crippen LogP contribution in [0.4, 0.5) is 0 Å². The van der Waals surface area contributed by atoms with E-state index in [0.717, 1.165) is 50.4 Å². The summed E-state index contributed by atoms with van der Waals surface area (Å²) in [5.41, 5.74) is 0.656. The SMILES string of the molecule is O=C(c1cccnc1)N1CCN(CCCc2nc(-c3cccs3)no2)CC1. The Labute approximate surface area is 161 Å². The van der Waals surface area contributed by atoms with E-state index in [0.29, 0.717) is 17.3 Å². The number of carbonyl (C=O) groups is 1. The van der Waals surface area contributed by atoms with Gasteiger partial charge in [-0.3, -0.25) is 14.7 Å². The van der Waals surface area contributed by atoms with E-state index in [1.165, 1.54) is 0 Å². The number of nitrogens with zero attached hydrogens (tertiary/aromatic N) is 5. The van der Waals surface area contributed by atoms with Gasteiger partial charge in [-0.2, -0.15) is 4.98 Å². The molecule has 140 valence electrons. The summed E-state index contributed by atoms with van der Waals surface area (Å²) in [4.78, 5) is 26.2. The molecule has 7 nitrogen and oxygen atoms in total. The fraction of sp³-hybridized carbons (Fsp3) is 0.368. The van der Waals surface area contributed by atoms with Crippen LogP contribution in [0.1, 0.15) is 22.7 Å². The Hall–Kier alpha value is -2.58. The second-order valence-corrected chi connectivity index (χ2v) is 7.42. The highest BCUT2D eigenvalue weighted by Gasteiger charge is 2.22. The second-order valence-electron chi connectivity index (χ2n) is 6.47. The normalized spacial score (nSPS) is 15.2. The number of rotatable bonds is 6. The molecular weight excluding hydrogens is 362 g/mol. The lowest BCUT2D eigenvalue weighted by Gasteiger charge is -2.34. The van der Waals surface area contributed by atoms with Crippen LogP contribution in [0.25, 0.3) is 10.7 Å². The van der Waals surface area contributed by atoms with Gasteiger partial charge < -0.3 is 9.42 Å². The molecule has 3 aromatic heterocycles. The summed E-state index contributed by atoms with van der Waals surface area (Å²) in [6.07, 6.45) is 5.04. The maximum Gasteiger partial charge on any atom is 0.255 e. The molecule has 1 fully saturated rings. The molecule has 27 heavy (non-hydrogen) atoms. The number of amides is 1. The van der Waals surface area contributed by atoms with Crippen molar-refractivity contribution in [3.05, 3.63) is 53.5 Å². The monoisotopic (exact) mass is 383 g/mol. The minimum absolute atomic E-state index is 0.0646. The molecule has 0 aliphatic carbocycles. The molecule has 0 unspecified atom stereocenters. The molecule has 1 amide bonds. The lowest BCUT2D eigenvalue weighted by atomic mass is 10.2. The van der Waals surface area contributed by atoms with Crippen LogP contribution in [0.5, 0.6) is 0 Å². The minimum atomic E-state index is 0.0646. The first-order valence-corrected chi connectivity index (χ1v) is 9.96. The number of hydrogen-bond acceptors (Lipinski definition) is 7. The summed E-state index contributed by atoms with van der Waals surface area (Å²) in [5, 5.41) is 6.05. The zero-order valence-corrected chi connectivity index (χ0v) is 15.8. The number of pyridine rings is 1. The van der Waals surface area contributed by atoms with Crippen LogP contribution in [0, 0.1) is 0 Å². The van der Waals surface area contributed by atoms with Gasteiger partial charge in [-0.1, -0.05) is 11.2 Å². The maximum atomic E-state index is 12.4. The van der Waals surface area contributed by atoms with E-state index in [-0.39, 0.29) is 5.91 Å². The van der Waals surface area contributed by atoms with E-state index in [4.69, 9.17) is 4.52 Å². The number of hydrogen-bond donors (Lipinski definition) is 0. The number of carbonyl (C=O) groups excluding carboxylic acids is 1. The second kappa shape index (κ2) is 8.41. The molecule has 8 heteroatoms. The van der Waals surface area contributed by atoms with Gasteiger partial charge in [0, 0.05) is 45.0 Å². The van der Waals surface area contributed by atoms with E-state index in [1.54, 1.807) is 29.8 Å². The fourth-order valence-electron chi connectivity index (χ4n) is 3.16. The molecule has 1 aliphatic heterocycles. The number of aryl methyl sites for hydroxylation is 1. The molecule has 0 atom stereocenters. The van der Waals surface area contributed by atoms with Crippen LogP contribution in [0.2, 0.25) is 0 Å². The molecule has 0 N–H and O–H groups in total. The van der Waals surface area contributed by atoms with Gasteiger partial charge in [0.2, 0.25) is 11.7 Å². The van der Waals surface area contributed by atoms with Crippen LogP contribution in [0.3, 0.4) is 0 Å². The summed E-state index contributed by atoms with van der Waals surface area (Å²) in [6.45, 7) is 4.23. The predicted octanol–water partition coefficient (Wildman–Crippen LogP) is 2.58. The van der Waals surface area contributed by atoms with Crippen molar-refractivity contribution in [2.75, 3.05) is 32.7 Å².